The van der Waals surface area contributed by atoms with E-state index in [4.69, 9.17) is 10.8 Å². The molecule has 4 heteroatoms. The molecule has 0 aliphatic rings. The summed E-state index contributed by atoms with van der Waals surface area (Å²) >= 11 is 0. The summed E-state index contributed by atoms with van der Waals surface area (Å²) in [7, 11) is 0. The highest BCUT2D eigenvalue weighted by atomic mass is 16.5. The second kappa shape index (κ2) is 3.40. The van der Waals surface area contributed by atoms with Crippen LogP contribution in [0.15, 0.2) is 0 Å². The van der Waals surface area contributed by atoms with Crippen LogP contribution in [0.5, 0.6) is 0 Å². The molecule has 0 radical (unpaired) electrons. The van der Waals surface area contributed by atoms with Crippen LogP contribution in [0.2, 0.25) is 0 Å². The molecule has 0 fully saturated rings. The smallest absolute Gasteiger partial charge is 0.329 e. The first-order chi connectivity index (χ1) is 3.63. The Kier molecular flexibility index (Phi) is 3.14. The number of rotatable bonds is 3. The van der Waals surface area contributed by atoms with Crippen molar-refractivity contribution >= 4 is 5.97 Å². The van der Waals surface area contributed by atoms with Crippen LogP contribution in [0.1, 0.15) is 6.92 Å². The van der Waals surface area contributed by atoms with Crippen LogP contribution < -0.4 is 5.73 Å². The van der Waals surface area contributed by atoms with Crippen molar-refractivity contribution in [3.8, 4) is 0 Å². The van der Waals surface area contributed by atoms with Crippen molar-refractivity contribution < 1.29 is 14.6 Å². The minimum Gasteiger partial charge on any atom is -0.480 e. The number of aliphatic carboxylic acids is 1. The second-order valence-electron chi connectivity index (χ2n) is 1.41. The summed E-state index contributed by atoms with van der Waals surface area (Å²) in [6.45, 7) is 1.25. The van der Waals surface area contributed by atoms with Crippen LogP contribution in [-0.2, 0) is 9.53 Å². The van der Waals surface area contributed by atoms with Gasteiger partial charge in [-0.1, -0.05) is 0 Å². The maximum absolute atomic E-state index is 9.72. The fourth-order valence-corrected chi connectivity index (χ4v) is 0.203. The average Bonchev–Trinajstić information content (AvgIpc) is 1.61. The standard InChI is InChI=1S/C4H9NO3/c1-3(5)8-2-4(6)7/h3H,2,5H2,1H3,(H,6,7). The van der Waals surface area contributed by atoms with Crippen molar-refractivity contribution in [2.45, 2.75) is 13.2 Å². The lowest BCUT2D eigenvalue weighted by Gasteiger charge is -2.01. The molecule has 0 aromatic heterocycles. The molecule has 3 N–H and O–H groups in total. The first-order valence-electron chi connectivity index (χ1n) is 2.22. The predicted octanol–water partition coefficient (Wildman–Crippen LogP) is -0.608. The first-order valence-corrected chi connectivity index (χ1v) is 2.22. The molecule has 0 rings (SSSR count). The molecule has 0 aromatic rings. The maximum atomic E-state index is 9.72. The lowest BCUT2D eigenvalue weighted by atomic mass is 10.7. The molecule has 1 atom stereocenters. The molecule has 1 unspecified atom stereocenters. The third kappa shape index (κ3) is 5.39. The van der Waals surface area contributed by atoms with E-state index < -0.39 is 12.2 Å². The zero-order valence-electron chi connectivity index (χ0n) is 4.63. The van der Waals surface area contributed by atoms with Crippen molar-refractivity contribution in [3.63, 3.8) is 0 Å². The maximum Gasteiger partial charge on any atom is 0.329 e. The molecular weight excluding hydrogens is 110 g/mol. The summed E-state index contributed by atoms with van der Waals surface area (Å²) < 4.78 is 4.48. The number of hydrogen-bond acceptors (Lipinski definition) is 3. The summed E-state index contributed by atoms with van der Waals surface area (Å²) in [4.78, 5) is 9.72. The van der Waals surface area contributed by atoms with Crippen molar-refractivity contribution in [2.24, 2.45) is 5.73 Å². The van der Waals surface area contributed by atoms with E-state index >= 15 is 0 Å². The van der Waals surface area contributed by atoms with Gasteiger partial charge in [0.1, 0.15) is 12.8 Å². The summed E-state index contributed by atoms with van der Waals surface area (Å²) in [5.74, 6) is -0.998. The average molecular weight is 119 g/mol. The topological polar surface area (TPSA) is 72.5 Å². The highest BCUT2D eigenvalue weighted by Crippen LogP contribution is 1.77. The Hall–Kier alpha value is -0.610. The van der Waals surface area contributed by atoms with Gasteiger partial charge >= 0.3 is 5.97 Å². The Labute approximate surface area is 47.2 Å². The molecule has 0 heterocycles. The number of carboxylic acid groups (broad SMARTS) is 1. The Bertz CT molecular complexity index is 81.4. The Balaban J connectivity index is 3.05. The van der Waals surface area contributed by atoms with E-state index in [2.05, 4.69) is 4.74 Å². The highest BCUT2D eigenvalue weighted by Gasteiger charge is 1.97. The van der Waals surface area contributed by atoms with Gasteiger partial charge in [-0.3, -0.25) is 0 Å². The fourth-order valence-electron chi connectivity index (χ4n) is 0.203. The molecule has 48 valence electrons. The van der Waals surface area contributed by atoms with E-state index in [0.29, 0.717) is 0 Å². The largest absolute Gasteiger partial charge is 0.480 e. The van der Waals surface area contributed by atoms with Crippen LogP contribution in [0.25, 0.3) is 0 Å². The van der Waals surface area contributed by atoms with Crippen LogP contribution in [-0.4, -0.2) is 23.9 Å². The Morgan fingerprint density at radius 1 is 2.00 bits per heavy atom. The predicted molar refractivity (Wildman–Crippen MR) is 27.2 cm³/mol. The lowest BCUT2D eigenvalue weighted by molar-refractivity contribution is -0.143. The van der Waals surface area contributed by atoms with Crippen LogP contribution in [0.4, 0.5) is 0 Å². The number of nitrogens with two attached hydrogens (primary N) is 1. The second-order valence-corrected chi connectivity index (χ2v) is 1.41. The van der Waals surface area contributed by atoms with Crippen molar-refractivity contribution in [1.29, 1.82) is 0 Å². The molecule has 0 aliphatic heterocycles. The van der Waals surface area contributed by atoms with Gasteiger partial charge in [0.2, 0.25) is 0 Å². The molecule has 0 aromatic carbocycles. The molecule has 0 bridgehead atoms. The summed E-state index contributed by atoms with van der Waals surface area (Å²) in [6.07, 6.45) is -0.494. The molecule has 0 amide bonds. The summed E-state index contributed by atoms with van der Waals surface area (Å²) in [6, 6.07) is 0. The number of carbonyl (C=O) groups is 1. The molecule has 0 spiro atoms. The van der Waals surface area contributed by atoms with Gasteiger partial charge in [-0.05, 0) is 6.92 Å². The summed E-state index contributed by atoms with van der Waals surface area (Å²) in [5, 5.41) is 7.98. The summed E-state index contributed by atoms with van der Waals surface area (Å²) in [5.41, 5.74) is 5.06. The zero-order chi connectivity index (χ0) is 6.57. The zero-order valence-corrected chi connectivity index (χ0v) is 4.63. The highest BCUT2D eigenvalue weighted by molar-refractivity contribution is 5.67. The van der Waals surface area contributed by atoms with Crippen molar-refractivity contribution in [1.82, 2.24) is 0 Å². The lowest BCUT2D eigenvalue weighted by Crippen LogP contribution is -2.22. The van der Waals surface area contributed by atoms with E-state index in [1.54, 1.807) is 6.92 Å². The normalized spacial score (nSPS) is 13.2. The van der Waals surface area contributed by atoms with Gasteiger partial charge in [-0.2, -0.15) is 0 Å². The SMILES string of the molecule is CC(N)OCC(=O)O. The van der Waals surface area contributed by atoms with Gasteiger partial charge < -0.3 is 15.6 Å². The van der Waals surface area contributed by atoms with Gasteiger partial charge in [0.25, 0.3) is 0 Å². The monoisotopic (exact) mass is 119 g/mol. The van der Waals surface area contributed by atoms with E-state index in [0.717, 1.165) is 0 Å². The molecule has 0 aliphatic carbocycles. The minimum absolute atomic E-state index is 0.322. The van der Waals surface area contributed by atoms with Gasteiger partial charge in [0, 0.05) is 0 Å². The van der Waals surface area contributed by atoms with E-state index in [1.807, 2.05) is 0 Å². The van der Waals surface area contributed by atoms with E-state index in [-0.39, 0.29) is 6.61 Å². The Morgan fingerprint density at radius 2 is 2.50 bits per heavy atom. The number of carboxylic acids is 1. The third-order valence-electron chi connectivity index (χ3n) is 0.470. The van der Waals surface area contributed by atoms with Crippen molar-refractivity contribution in [3.05, 3.63) is 0 Å². The fraction of sp³-hybridized carbons (Fsp3) is 0.750. The van der Waals surface area contributed by atoms with Gasteiger partial charge in [-0.15, -0.1) is 0 Å². The van der Waals surface area contributed by atoms with Crippen LogP contribution in [0.3, 0.4) is 0 Å². The molecule has 0 saturated heterocycles. The number of hydrogen-bond donors (Lipinski definition) is 2. The van der Waals surface area contributed by atoms with Crippen LogP contribution in [0, 0.1) is 0 Å². The Morgan fingerprint density at radius 3 is 2.62 bits per heavy atom. The van der Waals surface area contributed by atoms with Gasteiger partial charge in [0.05, 0.1) is 0 Å². The third-order valence-corrected chi connectivity index (χ3v) is 0.470. The van der Waals surface area contributed by atoms with Crippen molar-refractivity contribution in [2.75, 3.05) is 6.61 Å². The van der Waals surface area contributed by atoms with E-state index in [1.165, 1.54) is 0 Å². The first kappa shape index (κ1) is 7.39. The molecular formula is C4H9NO3. The molecule has 4 nitrogen and oxygen atoms in total. The van der Waals surface area contributed by atoms with Gasteiger partial charge in [0.15, 0.2) is 0 Å². The van der Waals surface area contributed by atoms with Crippen LogP contribution >= 0.6 is 0 Å². The van der Waals surface area contributed by atoms with E-state index in [9.17, 15) is 4.79 Å². The molecule has 8 heavy (non-hydrogen) atoms. The number of ether oxygens (including phenoxy) is 1. The van der Waals surface area contributed by atoms with Gasteiger partial charge in [-0.25, -0.2) is 4.79 Å². The minimum atomic E-state index is -0.998. The quantitative estimate of drug-likeness (QED) is 0.486. The molecule has 0 saturated carbocycles.